The van der Waals surface area contributed by atoms with Gasteiger partial charge in [0.15, 0.2) is 0 Å². The molecule has 2 unspecified atom stereocenters. The molecule has 4 rings (SSSR count). The molecule has 2 aromatic carbocycles. The van der Waals surface area contributed by atoms with Crippen LogP contribution in [-0.2, 0) is 6.54 Å². The molecule has 0 aliphatic carbocycles. The maximum absolute atomic E-state index is 14.2. The fourth-order valence-electron chi connectivity index (χ4n) is 5.20. The number of ether oxygens (including phenoxy) is 1. The van der Waals surface area contributed by atoms with Gasteiger partial charge in [0.1, 0.15) is 17.4 Å². The van der Waals surface area contributed by atoms with E-state index in [1.54, 1.807) is 44.6 Å². The molecular weight excluding hydrogens is 570 g/mol. The van der Waals surface area contributed by atoms with E-state index in [-0.39, 0.29) is 23.7 Å². The zero-order valence-electron chi connectivity index (χ0n) is 25.1. The predicted octanol–water partition coefficient (Wildman–Crippen LogP) is 5.30. The molecule has 1 saturated heterocycles. The normalized spacial score (nSPS) is 16.7. The molecule has 1 aliphatic rings. The van der Waals surface area contributed by atoms with Crippen LogP contribution in [-0.4, -0.2) is 65.4 Å². The minimum atomic E-state index is -1.09. The van der Waals surface area contributed by atoms with Crippen LogP contribution >= 0.6 is 0 Å². The molecule has 0 radical (unpaired) electrons. The number of benzene rings is 2. The fourth-order valence-corrected chi connectivity index (χ4v) is 5.20. The third-order valence-electron chi connectivity index (χ3n) is 7.55. The first-order valence-corrected chi connectivity index (χ1v) is 14.6. The lowest BCUT2D eigenvalue weighted by Crippen LogP contribution is -2.50. The summed E-state index contributed by atoms with van der Waals surface area (Å²) in [5, 5.41) is 5.26. The number of anilines is 1. The summed E-state index contributed by atoms with van der Waals surface area (Å²) in [6.07, 6.45) is 6.17. The lowest BCUT2D eigenvalue weighted by molar-refractivity contribution is 0.0827. The first kappa shape index (κ1) is 32.3. The van der Waals surface area contributed by atoms with Gasteiger partial charge >= 0.3 is 6.03 Å². The van der Waals surface area contributed by atoms with Crippen LogP contribution in [0.5, 0.6) is 11.6 Å². The van der Waals surface area contributed by atoms with Crippen LogP contribution in [0.4, 0.5) is 19.3 Å². The monoisotopic (exact) mass is 608 g/mol. The van der Waals surface area contributed by atoms with Crippen molar-refractivity contribution in [3.8, 4) is 11.6 Å². The number of likely N-dealkylation sites (tertiary alicyclic amines) is 1. The minimum absolute atomic E-state index is 0.0834. The van der Waals surface area contributed by atoms with E-state index in [9.17, 15) is 23.2 Å². The van der Waals surface area contributed by atoms with E-state index in [2.05, 4.69) is 27.4 Å². The molecule has 2 atom stereocenters. The van der Waals surface area contributed by atoms with Crippen LogP contribution in [0.15, 0.2) is 54.7 Å². The molecule has 4 amide bonds. The molecule has 0 spiro atoms. The molecular formula is C32H38F2N6O4. The zero-order valence-corrected chi connectivity index (χ0v) is 25.1. The molecule has 10 nitrogen and oxygen atoms in total. The second kappa shape index (κ2) is 14.7. The van der Waals surface area contributed by atoms with E-state index in [0.29, 0.717) is 42.6 Å². The Kier molecular flexibility index (Phi) is 10.8. The van der Waals surface area contributed by atoms with Gasteiger partial charge in [0.05, 0.1) is 11.3 Å². The molecule has 1 aromatic heterocycles. The highest BCUT2D eigenvalue weighted by Crippen LogP contribution is 2.26. The maximum Gasteiger partial charge on any atom is 0.319 e. The Morgan fingerprint density at radius 2 is 1.84 bits per heavy atom. The van der Waals surface area contributed by atoms with Gasteiger partial charge in [0.2, 0.25) is 5.88 Å². The average molecular weight is 609 g/mol. The SMILES string of the molecule is CCCCC1CC(NC(=O)Nc2cc(C(N)=O)c(F)cc2F)CCN1Cc1ccc(Oc2ccc(C(=O)N(C)C)cc2)nc1. The van der Waals surface area contributed by atoms with Crippen LogP contribution in [0.1, 0.15) is 65.3 Å². The third-order valence-corrected chi connectivity index (χ3v) is 7.55. The van der Waals surface area contributed by atoms with E-state index < -0.39 is 29.1 Å². The average Bonchev–Trinajstić information content (AvgIpc) is 2.99. The number of hydrogen-bond donors (Lipinski definition) is 3. The summed E-state index contributed by atoms with van der Waals surface area (Å²) in [5.74, 6) is -2.21. The number of pyridine rings is 1. The number of rotatable bonds is 11. The Morgan fingerprint density at radius 1 is 1.09 bits per heavy atom. The Morgan fingerprint density at radius 3 is 2.48 bits per heavy atom. The van der Waals surface area contributed by atoms with Crippen molar-refractivity contribution in [1.82, 2.24) is 20.1 Å². The van der Waals surface area contributed by atoms with Crippen molar-refractivity contribution in [2.75, 3.05) is 26.0 Å². The molecule has 2 heterocycles. The van der Waals surface area contributed by atoms with Crippen molar-refractivity contribution in [1.29, 1.82) is 0 Å². The van der Waals surface area contributed by atoms with Gasteiger partial charge in [-0.2, -0.15) is 0 Å². The first-order valence-electron chi connectivity index (χ1n) is 14.6. The minimum Gasteiger partial charge on any atom is -0.439 e. The summed E-state index contributed by atoms with van der Waals surface area (Å²) in [4.78, 5) is 44.5. The van der Waals surface area contributed by atoms with E-state index in [1.807, 2.05) is 12.1 Å². The van der Waals surface area contributed by atoms with Crippen molar-refractivity contribution in [2.45, 2.75) is 57.7 Å². The molecule has 0 bridgehead atoms. The summed E-state index contributed by atoms with van der Waals surface area (Å²) in [6.45, 7) is 3.54. The lowest BCUT2D eigenvalue weighted by atomic mass is 9.93. The predicted molar refractivity (Wildman–Crippen MR) is 163 cm³/mol. The molecule has 0 saturated carbocycles. The topological polar surface area (TPSA) is 130 Å². The summed E-state index contributed by atoms with van der Waals surface area (Å²) in [7, 11) is 3.40. The number of nitrogens with one attached hydrogen (secondary N) is 2. The van der Waals surface area contributed by atoms with Gasteiger partial charge in [-0.1, -0.05) is 25.8 Å². The quantitative estimate of drug-likeness (QED) is 0.271. The highest BCUT2D eigenvalue weighted by Gasteiger charge is 2.29. The molecule has 4 N–H and O–H groups in total. The van der Waals surface area contributed by atoms with Gasteiger partial charge in [0, 0.05) is 63.2 Å². The second-order valence-corrected chi connectivity index (χ2v) is 11.1. The highest BCUT2D eigenvalue weighted by atomic mass is 19.1. The van der Waals surface area contributed by atoms with Crippen molar-refractivity contribution in [3.63, 3.8) is 0 Å². The largest absolute Gasteiger partial charge is 0.439 e. The van der Waals surface area contributed by atoms with E-state index in [1.165, 1.54) is 4.90 Å². The number of halogens is 2. The highest BCUT2D eigenvalue weighted by molar-refractivity contribution is 5.96. The van der Waals surface area contributed by atoms with Crippen molar-refractivity contribution < 1.29 is 27.9 Å². The summed E-state index contributed by atoms with van der Waals surface area (Å²) < 4.78 is 33.9. The molecule has 234 valence electrons. The van der Waals surface area contributed by atoms with Gasteiger partial charge in [-0.3, -0.25) is 14.5 Å². The number of hydrogen-bond acceptors (Lipinski definition) is 6. The Bertz CT molecular complexity index is 1470. The molecule has 44 heavy (non-hydrogen) atoms. The number of carbonyl (C=O) groups excluding carboxylic acids is 3. The van der Waals surface area contributed by atoms with Gasteiger partial charge in [-0.15, -0.1) is 0 Å². The number of amides is 4. The van der Waals surface area contributed by atoms with Crippen molar-refractivity contribution in [3.05, 3.63) is 83.1 Å². The maximum atomic E-state index is 14.2. The summed E-state index contributed by atoms with van der Waals surface area (Å²) in [5.41, 5.74) is 5.91. The Hall–Kier alpha value is -4.58. The summed E-state index contributed by atoms with van der Waals surface area (Å²) >= 11 is 0. The lowest BCUT2D eigenvalue weighted by Gasteiger charge is -2.40. The van der Waals surface area contributed by atoms with Crippen LogP contribution < -0.4 is 21.1 Å². The molecule has 1 fully saturated rings. The standard InChI is InChI=1S/C32H38F2N6O4/c1-4-5-6-23-15-22(37-32(43)38-28-16-25(30(35)41)26(33)17-27(28)34)13-14-40(23)19-20-7-12-29(36-18-20)44-24-10-8-21(9-11-24)31(42)39(2)3/h7-12,16-18,22-23H,4-6,13-15,19H2,1-3H3,(H2,35,41)(H2,37,38,43). The van der Waals surface area contributed by atoms with E-state index in [0.717, 1.165) is 37.4 Å². The number of primary amides is 1. The molecule has 12 heteroatoms. The fraction of sp³-hybridized carbons (Fsp3) is 0.375. The second-order valence-electron chi connectivity index (χ2n) is 11.1. The Balaban J connectivity index is 1.33. The summed E-state index contributed by atoms with van der Waals surface area (Å²) in [6, 6.07) is 11.5. The van der Waals surface area contributed by atoms with Crippen LogP contribution in [0, 0.1) is 11.6 Å². The first-order chi connectivity index (χ1) is 21.0. The number of carbonyl (C=O) groups is 3. The van der Waals surface area contributed by atoms with Gasteiger partial charge in [0.25, 0.3) is 11.8 Å². The third kappa shape index (κ3) is 8.50. The van der Waals surface area contributed by atoms with E-state index in [4.69, 9.17) is 10.5 Å². The molecule has 1 aliphatic heterocycles. The number of nitrogens with two attached hydrogens (primary N) is 1. The van der Waals surface area contributed by atoms with Gasteiger partial charge < -0.3 is 26.0 Å². The molecule has 3 aromatic rings. The number of urea groups is 1. The number of piperidine rings is 1. The van der Waals surface area contributed by atoms with Gasteiger partial charge in [-0.25, -0.2) is 18.6 Å². The van der Waals surface area contributed by atoms with Crippen LogP contribution in [0.25, 0.3) is 0 Å². The van der Waals surface area contributed by atoms with Crippen LogP contribution in [0.2, 0.25) is 0 Å². The number of nitrogens with zero attached hydrogens (tertiary/aromatic N) is 3. The number of aromatic nitrogens is 1. The van der Waals surface area contributed by atoms with Crippen molar-refractivity contribution in [2.24, 2.45) is 5.73 Å². The Labute approximate surface area is 255 Å². The number of unbranched alkanes of at least 4 members (excludes halogenated alkanes) is 1. The van der Waals surface area contributed by atoms with E-state index >= 15 is 0 Å². The zero-order chi connectivity index (χ0) is 31.8. The van der Waals surface area contributed by atoms with Crippen molar-refractivity contribution >= 4 is 23.5 Å². The van der Waals surface area contributed by atoms with Gasteiger partial charge in [-0.05, 0) is 55.2 Å². The smallest absolute Gasteiger partial charge is 0.319 e. The van der Waals surface area contributed by atoms with Crippen LogP contribution in [0.3, 0.4) is 0 Å².